The summed E-state index contributed by atoms with van der Waals surface area (Å²) < 4.78 is 49.0. The number of benzene rings is 2. The van der Waals surface area contributed by atoms with Gasteiger partial charge < -0.3 is 9.47 Å². The number of hydrogen-bond acceptors (Lipinski definition) is 5. The molecular weight excluding hydrogens is 375 g/mol. The van der Waals surface area contributed by atoms with E-state index in [1.807, 2.05) is 0 Å². The second-order valence-corrected chi connectivity index (χ2v) is 7.08. The van der Waals surface area contributed by atoms with Crippen molar-refractivity contribution in [3.63, 3.8) is 0 Å². The second-order valence-electron chi connectivity index (χ2n) is 5.70. The Kier molecular flexibility index (Phi) is 7.43. The standard InChI is InChI=1S/C18H21FN2O5S/c1-25-17(13-7-3-2-4-8-13)18(22)26-16(11-12-21-27(20,23)24)14-9-5-6-10-15(14)19/h2-10,16-17,21H,11-12H2,1H3,(H2,20,23,24)/t16-,17-/m0/s1. The molecule has 0 aromatic heterocycles. The number of esters is 1. The first-order valence-electron chi connectivity index (χ1n) is 8.12. The second kappa shape index (κ2) is 9.56. The van der Waals surface area contributed by atoms with Gasteiger partial charge in [-0.05, 0) is 11.6 Å². The third-order valence-corrected chi connectivity index (χ3v) is 4.38. The number of ether oxygens (including phenoxy) is 2. The van der Waals surface area contributed by atoms with Crippen molar-refractivity contribution in [2.45, 2.75) is 18.6 Å². The lowest BCUT2D eigenvalue weighted by molar-refractivity contribution is -0.162. The van der Waals surface area contributed by atoms with Crippen molar-refractivity contribution in [3.8, 4) is 0 Å². The summed E-state index contributed by atoms with van der Waals surface area (Å²) in [6, 6.07) is 14.5. The summed E-state index contributed by atoms with van der Waals surface area (Å²) in [6.07, 6.45) is -2.02. The molecule has 2 rings (SSSR count). The smallest absolute Gasteiger partial charge is 0.340 e. The maximum absolute atomic E-state index is 14.2. The first-order valence-corrected chi connectivity index (χ1v) is 9.66. The van der Waals surface area contributed by atoms with Gasteiger partial charge in [0.25, 0.3) is 10.2 Å². The van der Waals surface area contributed by atoms with Crippen LogP contribution in [0.5, 0.6) is 0 Å². The van der Waals surface area contributed by atoms with Gasteiger partial charge in [-0.15, -0.1) is 0 Å². The van der Waals surface area contributed by atoms with E-state index in [2.05, 4.69) is 4.72 Å². The van der Waals surface area contributed by atoms with Gasteiger partial charge in [0.15, 0.2) is 6.10 Å². The molecule has 0 fully saturated rings. The van der Waals surface area contributed by atoms with E-state index in [1.54, 1.807) is 36.4 Å². The minimum Gasteiger partial charge on any atom is -0.455 e. The zero-order valence-electron chi connectivity index (χ0n) is 14.7. The van der Waals surface area contributed by atoms with Gasteiger partial charge in [-0.2, -0.15) is 8.42 Å². The zero-order chi connectivity index (χ0) is 19.9. The molecule has 0 spiro atoms. The Bertz CT molecular complexity index is 861. The van der Waals surface area contributed by atoms with Crippen molar-refractivity contribution in [1.29, 1.82) is 0 Å². The highest BCUT2D eigenvalue weighted by atomic mass is 32.2. The summed E-state index contributed by atoms with van der Waals surface area (Å²) in [5.74, 6) is -1.29. The van der Waals surface area contributed by atoms with E-state index >= 15 is 0 Å². The highest BCUT2D eigenvalue weighted by Crippen LogP contribution is 2.27. The summed E-state index contributed by atoms with van der Waals surface area (Å²) in [5, 5.41) is 4.90. The monoisotopic (exact) mass is 396 g/mol. The molecule has 27 heavy (non-hydrogen) atoms. The van der Waals surface area contributed by atoms with Crippen LogP contribution < -0.4 is 9.86 Å². The number of hydrogen-bond donors (Lipinski definition) is 2. The molecule has 0 aliphatic carbocycles. The van der Waals surface area contributed by atoms with Crippen LogP contribution in [0.2, 0.25) is 0 Å². The van der Waals surface area contributed by atoms with Crippen LogP contribution in [-0.4, -0.2) is 28.0 Å². The predicted molar refractivity (Wildman–Crippen MR) is 97.2 cm³/mol. The lowest BCUT2D eigenvalue weighted by Crippen LogP contribution is -2.33. The maximum atomic E-state index is 14.2. The van der Waals surface area contributed by atoms with Crippen LogP contribution in [0.25, 0.3) is 0 Å². The summed E-state index contributed by atoms with van der Waals surface area (Å²) in [5.41, 5.74) is 0.713. The first-order chi connectivity index (χ1) is 12.8. The van der Waals surface area contributed by atoms with Crippen LogP contribution in [0.15, 0.2) is 54.6 Å². The minimum absolute atomic E-state index is 0.00563. The van der Waals surface area contributed by atoms with Crippen molar-refractivity contribution in [3.05, 3.63) is 71.5 Å². The van der Waals surface area contributed by atoms with Gasteiger partial charge in [-0.3, -0.25) is 0 Å². The molecule has 2 aromatic carbocycles. The number of carbonyl (C=O) groups is 1. The van der Waals surface area contributed by atoms with Gasteiger partial charge >= 0.3 is 5.97 Å². The molecule has 2 aromatic rings. The summed E-state index contributed by atoms with van der Waals surface area (Å²) in [6.45, 7) is -0.131. The molecule has 0 heterocycles. The molecule has 0 bridgehead atoms. The van der Waals surface area contributed by atoms with Crippen LogP contribution >= 0.6 is 0 Å². The van der Waals surface area contributed by atoms with Crippen molar-refractivity contribution in [2.24, 2.45) is 5.14 Å². The average Bonchev–Trinajstić information content (AvgIpc) is 2.62. The lowest BCUT2D eigenvalue weighted by atomic mass is 10.1. The number of carbonyl (C=O) groups excluding carboxylic acids is 1. The van der Waals surface area contributed by atoms with Crippen LogP contribution in [0, 0.1) is 5.82 Å². The molecule has 0 amide bonds. The average molecular weight is 396 g/mol. The molecule has 146 valence electrons. The lowest BCUT2D eigenvalue weighted by Gasteiger charge is -2.22. The fourth-order valence-electron chi connectivity index (χ4n) is 2.54. The molecule has 7 nitrogen and oxygen atoms in total. The normalized spacial score (nSPS) is 13.7. The molecule has 0 aliphatic rings. The quantitative estimate of drug-likeness (QED) is 0.630. The van der Waals surface area contributed by atoms with Gasteiger partial charge in [-0.1, -0.05) is 48.5 Å². The molecule has 0 saturated carbocycles. The molecule has 0 unspecified atom stereocenters. The van der Waals surface area contributed by atoms with Crippen molar-refractivity contribution in [1.82, 2.24) is 4.72 Å². The van der Waals surface area contributed by atoms with E-state index in [4.69, 9.17) is 14.6 Å². The Morgan fingerprint density at radius 1 is 1.15 bits per heavy atom. The van der Waals surface area contributed by atoms with Crippen molar-refractivity contribution < 1.29 is 27.1 Å². The van der Waals surface area contributed by atoms with E-state index in [0.717, 1.165) is 0 Å². The Hall–Kier alpha value is -2.33. The van der Waals surface area contributed by atoms with Gasteiger partial charge in [0.2, 0.25) is 0 Å². The van der Waals surface area contributed by atoms with E-state index in [9.17, 15) is 17.6 Å². The molecular formula is C18H21FN2O5S. The first kappa shape index (κ1) is 21.0. The van der Waals surface area contributed by atoms with Gasteiger partial charge in [-0.25, -0.2) is 19.0 Å². The summed E-state index contributed by atoms with van der Waals surface area (Å²) >= 11 is 0. The minimum atomic E-state index is -3.91. The third kappa shape index (κ3) is 6.40. The van der Waals surface area contributed by atoms with Crippen LogP contribution in [0.1, 0.15) is 29.8 Å². The van der Waals surface area contributed by atoms with E-state index in [1.165, 1.54) is 25.3 Å². The molecule has 9 heteroatoms. The Labute approximate surface area is 157 Å². The topological polar surface area (TPSA) is 108 Å². The Morgan fingerprint density at radius 2 is 1.78 bits per heavy atom. The fourth-order valence-corrected chi connectivity index (χ4v) is 2.95. The largest absolute Gasteiger partial charge is 0.455 e. The van der Waals surface area contributed by atoms with Crippen molar-refractivity contribution >= 4 is 16.2 Å². The third-order valence-electron chi connectivity index (χ3n) is 3.77. The van der Waals surface area contributed by atoms with E-state index in [-0.39, 0.29) is 18.5 Å². The molecule has 0 saturated heterocycles. The fraction of sp³-hybridized carbons (Fsp3) is 0.278. The molecule has 2 atom stereocenters. The number of methoxy groups -OCH3 is 1. The summed E-state index contributed by atoms with van der Waals surface area (Å²) in [7, 11) is -2.55. The molecule has 3 N–H and O–H groups in total. The van der Waals surface area contributed by atoms with Crippen LogP contribution in [0.3, 0.4) is 0 Å². The highest BCUT2D eigenvalue weighted by Gasteiger charge is 2.27. The van der Waals surface area contributed by atoms with Gasteiger partial charge in [0.05, 0.1) is 0 Å². The maximum Gasteiger partial charge on any atom is 0.340 e. The van der Waals surface area contributed by atoms with E-state index < -0.39 is 34.2 Å². The highest BCUT2D eigenvalue weighted by molar-refractivity contribution is 7.87. The van der Waals surface area contributed by atoms with Gasteiger partial charge in [0.1, 0.15) is 11.9 Å². The predicted octanol–water partition coefficient (Wildman–Crippen LogP) is 1.98. The Morgan fingerprint density at radius 3 is 2.37 bits per heavy atom. The SMILES string of the molecule is CO[C@H](C(=O)O[C@@H](CCNS(N)(=O)=O)c1ccccc1F)c1ccccc1. The number of nitrogens with two attached hydrogens (primary N) is 1. The van der Waals surface area contributed by atoms with Gasteiger partial charge in [0, 0.05) is 25.6 Å². The number of rotatable bonds is 9. The molecule has 0 radical (unpaired) electrons. The van der Waals surface area contributed by atoms with Crippen LogP contribution in [0.4, 0.5) is 4.39 Å². The zero-order valence-corrected chi connectivity index (χ0v) is 15.5. The Balaban J connectivity index is 2.19. The summed E-state index contributed by atoms with van der Waals surface area (Å²) in [4.78, 5) is 12.6. The van der Waals surface area contributed by atoms with Crippen LogP contribution in [-0.2, 0) is 24.5 Å². The van der Waals surface area contributed by atoms with Crippen molar-refractivity contribution in [2.75, 3.05) is 13.7 Å². The number of halogens is 1. The molecule has 0 aliphatic heterocycles. The number of nitrogens with one attached hydrogen (secondary N) is 1. The van der Waals surface area contributed by atoms with E-state index in [0.29, 0.717) is 5.56 Å².